The molecule has 19 heavy (non-hydrogen) atoms. The molecule has 0 spiro atoms. The first-order chi connectivity index (χ1) is 9.29. The molecule has 0 fully saturated rings. The average molecular weight is 258 g/mol. The van der Waals surface area contributed by atoms with Gasteiger partial charge < -0.3 is 0 Å². The van der Waals surface area contributed by atoms with Crippen molar-refractivity contribution in [3.8, 4) is 0 Å². The van der Waals surface area contributed by atoms with Crippen LogP contribution in [0, 0.1) is 6.92 Å². The van der Waals surface area contributed by atoms with Gasteiger partial charge >= 0.3 is 0 Å². The third-order valence-corrected chi connectivity index (χ3v) is 3.23. The summed E-state index contributed by atoms with van der Waals surface area (Å²) in [5.41, 5.74) is 2.49. The maximum atomic E-state index is 4.33. The van der Waals surface area contributed by atoms with Crippen molar-refractivity contribution in [3.05, 3.63) is 48.0 Å². The van der Waals surface area contributed by atoms with Gasteiger partial charge in [0, 0.05) is 37.4 Å². The first kappa shape index (κ1) is 13.7. The third kappa shape index (κ3) is 4.17. The van der Waals surface area contributed by atoms with Gasteiger partial charge in [-0.25, -0.2) is 0 Å². The normalized spacial score (nSPS) is 11.1. The molecule has 0 aliphatic rings. The Morgan fingerprint density at radius 3 is 2.74 bits per heavy atom. The van der Waals surface area contributed by atoms with Crippen LogP contribution in [-0.2, 0) is 13.1 Å². The van der Waals surface area contributed by atoms with Crippen LogP contribution >= 0.6 is 0 Å². The van der Waals surface area contributed by atoms with E-state index in [4.69, 9.17) is 0 Å². The zero-order chi connectivity index (χ0) is 13.5. The summed E-state index contributed by atoms with van der Waals surface area (Å²) in [5.74, 6) is 0. The van der Waals surface area contributed by atoms with Crippen LogP contribution < -0.4 is 0 Å². The standard InChI is InChI=1S/C15H22N4/c1-3-9-18(13-15-5-4-7-16-12-15)10-11-19-14(2)6-8-17-19/h4-8,12H,3,9-11,13H2,1-2H3. The second-order valence-corrected chi connectivity index (χ2v) is 4.83. The third-order valence-electron chi connectivity index (χ3n) is 3.23. The van der Waals surface area contributed by atoms with Crippen LogP contribution in [0.1, 0.15) is 24.6 Å². The molecule has 2 heterocycles. The van der Waals surface area contributed by atoms with Crippen LogP contribution in [0.15, 0.2) is 36.8 Å². The lowest BCUT2D eigenvalue weighted by molar-refractivity contribution is 0.250. The molecule has 0 atom stereocenters. The van der Waals surface area contributed by atoms with Gasteiger partial charge in [0.2, 0.25) is 0 Å². The smallest absolute Gasteiger partial charge is 0.0539 e. The van der Waals surface area contributed by atoms with Crippen molar-refractivity contribution in [2.45, 2.75) is 33.4 Å². The van der Waals surface area contributed by atoms with Gasteiger partial charge in [0.15, 0.2) is 0 Å². The van der Waals surface area contributed by atoms with Crippen molar-refractivity contribution in [2.24, 2.45) is 0 Å². The molecule has 0 saturated carbocycles. The molecular formula is C15H22N4. The molecule has 2 aromatic rings. The topological polar surface area (TPSA) is 34.0 Å². The number of pyridine rings is 1. The van der Waals surface area contributed by atoms with Crippen molar-refractivity contribution in [3.63, 3.8) is 0 Å². The summed E-state index contributed by atoms with van der Waals surface area (Å²) in [5, 5.41) is 4.33. The fourth-order valence-electron chi connectivity index (χ4n) is 2.21. The minimum Gasteiger partial charge on any atom is -0.297 e. The Balaban J connectivity index is 1.91. The van der Waals surface area contributed by atoms with E-state index in [9.17, 15) is 0 Å². The highest BCUT2D eigenvalue weighted by atomic mass is 15.3. The first-order valence-electron chi connectivity index (χ1n) is 6.89. The molecule has 0 aliphatic heterocycles. The van der Waals surface area contributed by atoms with Crippen LogP contribution in [0.4, 0.5) is 0 Å². The molecule has 4 heteroatoms. The summed E-state index contributed by atoms with van der Waals surface area (Å²) in [7, 11) is 0. The highest BCUT2D eigenvalue weighted by molar-refractivity contribution is 5.08. The van der Waals surface area contributed by atoms with Crippen LogP contribution in [-0.4, -0.2) is 32.8 Å². The molecule has 0 aliphatic carbocycles. The lowest BCUT2D eigenvalue weighted by Crippen LogP contribution is -2.28. The summed E-state index contributed by atoms with van der Waals surface area (Å²) in [6.07, 6.45) is 6.79. The molecule has 0 aromatic carbocycles. The molecule has 0 bridgehead atoms. The minimum absolute atomic E-state index is 0.944. The van der Waals surface area contributed by atoms with Gasteiger partial charge in [-0.15, -0.1) is 0 Å². The summed E-state index contributed by atoms with van der Waals surface area (Å²) in [4.78, 5) is 6.63. The molecule has 2 rings (SSSR count). The second-order valence-electron chi connectivity index (χ2n) is 4.83. The quantitative estimate of drug-likeness (QED) is 0.765. The van der Waals surface area contributed by atoms with Crippen LogP contribution in [0.25, 0.3) is 0 Å². The Hall–Kier alpha value is -1.68. The fraction of sp³-hybridized carbons (Fsp3) is 0.467. The summed E-state index contributed by atoms with van der Waals surface area (Å²) in [6, 6.07) is 6.18. The van der Waals surface area contributed by atoms with E-state index in [1.807, 2.05) is 30.7 Å². The van der Waals surface area contributed by atoms with E-state index >= 15 is 0 Å². The Labute approximate surface area is 115 Å². The number of hydrogen-bond acceptors (Lipinski definition) is 3. The van der Waals surface area contributed by atoms with E-state index < -0.39 is 0 Å². The maximum absolute atomic E-state index is 4.33. The average Bonchev–Trinajstić information content (AvgIpc) is 2.83. The first-order valence-corrected chi connectivity index (χ1v) is 6.89. The van der Waals surface area contributed by atoms with Crippen molar-refractivity contribution in [1.29, 1.82) is 0 Å². The van der Waals surface area contributed by atoms with Crippen molar-refractivity contribution >= 4 is 0 Å². The molecule has 102 valence electrons. The molecule has 0 saturated heterocycles. The maximum Gasteiger partial charge on any atom is 0.0539 e. The molecule has 2 aromatic heterocycles. The summed E-state index contributed by atoms with van der Waals surface area (Å²) < 4.78 is 2.06. The number of aryl methyl sites for hydroxylation is 1. The largest absolute Gasteiger partial charge is 0.297 e. The Kier molecular flexibility index (Phi) is 5.10. The molecule has 0 N–H and O–H groups in total. The Morgan fingerprint density at radius 2 is 2.11 bits per heavy atom. The predicted octanol–water partition coefficient (Wildman–Crippen LogP) is 2.50. The van der Waals surface area contributed by atoms with E-state index in [-0.39, 0.29) is 0 Å². The van der Waals surface area contributed by atoms with E-state index in [0.29, 0.717) is 0 Å². The van der Waals surface area contributed by atoms with Crippen LogP contribution in [0.5, 0.6) is 0 Å². The van der Waals surface area contributed by atoms with Gasteiger partial charge in [-0.2, -0.15) is 5.10 Å². The van der Waals surface area contributed by atoms with E-state index in [1.54, 1.807) is 0 Å². The Bertz CT molecular complexity index is 478. The second kappa shape index (κ2) is 7.04. The molecule has 0 unspecified atom stereocenters. The fourth-order valence-corrected chi connectivity index (χ4v) is 2.21. The van der Waals surface area contributed by atoms with E-state index in [2.05, 4.69) is 39.6 Å². The zero-order valence-corrected chi connectivity index (χ0v) is 11.8. The van der Waals surface area contributed by atoms with Crippen molar-refractivity contribution < 1.29 is 0 Å². The number of nitrogens with zero attached hydrogens (tertiary/aromatic N) is 4. The monoisotopic (exact) mass is 258 g/mol. The van der Waals surface area contributed by atoms with Gasteiger partial charge in [-0.05, 0) is 37.6 Å². The van der Waals surface area contributed by atoms with E-state index in [1.165, 1.54) is 17.7 Å². The highest BCUT2D eigenvalue weighted by Gasteiger charge is 2.06. The van der Waals surface area contributed by atoms with Crippen LogP contribution in [0.2, 0.25) is 0 Å². The molecule has 4 nitrogen and oxygen atoms in total. The lowest BCUT2D eigenvalue weighted by atomic mass is 10.2. The zero-order valence-electron chi connectivity index (χ0n) is 11.8. The van der Waals surface area contributed by atoms with Crippen molar-refractivity contribution in [1.82, 2.24) is 19.7 Å². The van der Waals surface area contributed by atoms with Gasteiger partial charge in [0.1, 0.15) is 0 Å². The van der Waals surface area contributed by atoms with Gasteiger partial charge in [-0.3, -0.25) is 14.6 Å². The number of hydrogen-bond donors (Lipinski definition) is 0. The molecule has 0 amide bonds. The van der Waals surface area contributed by atoms with Gasteiger partial charge in [0.05, 0.1) is 6.54 Å². The predicted molar refractivity (Wildman–Crippen MR) is 76.8 cm³/mol. The van der Waals surface area contributed by atoms with E-state index in [0.717, 1.165) is 26.2 Å². The number of aromatic nitrogens is 3. The summed E-state index contributed by atoms with van der Waals surface area (Å²) >= 11 is 0. The molecule has 0 radical (unpaired) electrons. The lowest BCUT2D eigenvalue weighted by Gasteiger charge is -2.21. The SMILES string of the molecule is CCCN(CCn1nccc1C)Cc1cccnc1. The van der Waals surface area contributed by atoms with Gasteiger partial charge in [-0.1, -0.05) is 13.0 Å². The highest BCUT2D eigenvalue weighted by Crippen LogP contribution is 2.05. The van der Waals surface area contributed by atoms with Crippen molar-refractivity contribution in [2.75, 3.05) is 13.1 Å². The minimum atomic E-state index is 0.944. The number of rotatable bonds is 7. The summed E-state index contributed by atoms with van der Waals surface area (Å²) in [6.45, 7) is 8.34. The van der Waals surface area contributed by atoms with Gasteiger partial charge in [0.25, 0.3) is 0 Å². The molecular weight excluding hydrogens is 236 g/mol. The Morgan fingerprint density at radius 1 is 1.21 bits per heavy atom. The van der Waals surface area contributed by atoms with Crippen LogP contribution in [0.3, 0.4) is 0 Å².